The number of fused-ring (bicyclic) bond motifs is 1. The zero-order chi connectivity index (χ0) is 23.5. The third-order valence-corrected chi connectivity index (χ3v) is 4.93. The van der Waals surface area contributed by atoms with E-state index in [4.69, 9.17) is 19.0 Å². The van der Waals surface area contributed by atoms with Crippen LogP contribution in [0, 0.1) is 5.82 Å². The molecule has 0 amide bonds. The first-order chi connectivity index (χ1) is 16.0. The SMILES string of the molecule is COc1cc(C(=O)On2c(-c3ccccc3F)nc3ccccc3c2=O)cc(OC)c1OC. The summed E-state index contributed by atoms with van der Waals surface area (Å²) in [5.41, 5.74) is -0.317. The molecular weight excluding hydrogens is 431 g/mol. The van der Waals surface area contributed by atoms with Crippen LogP contribution < -0.4 is 24.6 Å². The number of methoxy groups -OCH3 is 3. The molecule has 3 aromatic carbocycles. The van der Waals surface area contributed by atoms with Crippen LogP contribution in [0.5, 0.6) is 17.2 Å². The lowest BCUT2D eigenvalue weighted by Crippen LogP contribution is -2.33. The average Bonchev–Trinajstić information content (AvgIpc) is 2.85. The van der Waals surface area contributed by atoms with E-state index in [-0.39, 0.29) is 39.6 Å². The molecule has 0 atom stereocenters. The van der Waals surface area contributed by atoms with Crippen LogP contribution in [0.3, 0.4) is 0 Å². The summed E-state index contributed by atoms with van der Waals surface area (Å²) in [6.45, 7) is 0. The van der Waals surface area contributed by atoms with Gasteiger partial charge in [-0.15, -0.1) is 4.73 Å². The monoisotopic (exact) mass is 450 g/mol. The zero-order valence-electron chi connectivity index (χ0n) is 18.0. The zero-order valence-corrected chi connectivity index (χ0v) is 18.0. The Balaban J connectivity index is 1.88. The van der Waals surface area contributed by atoms with Crippen LogP contribution in [0.15, 0.2) is 65.5 Å². The summed E-state index contributed by atoms with van der Waals surface area (Å²) in [7, 11) is 4.24. The fourth-order valence-electron chi connectivity index (χ4n) is 3.35. The molecule has 0 aliphatic carbocycles. The number of aromatic nitrogens is 2. The minimum atomic E-state index is -0.911. The number of halogens is 1. The van der Waals surface area contributed by atoms with Gasteiger partial charge in [0.15, 0.2) is 17.3 Å². The van der Waals surface area contributed by atoms with E-state index >= 15 is 0 Å². The van der Waals surface area contributed by atoms with Gasteiger partial charge in [0.1, 0.15) is 5.82 Å². The fraction of sp³-hybridized carbons (Fsp3) is 0.125. The summed E-state index contributed by atoms with van der Waals surface area (Å²) in [5.74, 6) is -0.960. The minimum Gasteiger partial charge on any atom is -0.493 e. The van der Waals surface area contributed by atoms with Gasteiger partial charge in [-0.05, 0) is 36.4 Å². The van der Waals surface area contributed by atoms with Crippen molar-refractivity contribution in [2.45, 2.75) is 0 Å². The average molecular weight is 450 g/mol. The largest absolute Gasteiger partial charge is 0.493 e. The Morgan fingerprint density at radius 2 is 1.55 bits per heavy atom. The van der Waals surface area contributed by atoms with Crippen molar-refractivity contribution in [3.8, 4) is 28.6 Å². The van der Waals surface area contributed by atoms with Crippen LogP contribution in [-0.4, -0.2) is 37.0 Å². The normalized spacial score (nSPS) is 10.7. The predicted octanol–water partition coefficient (Wildman–Crippen LogP) is 3.50. The second kappa shape index (κ2) is 8.99. The Hall–Kier alpha value is -4.40. The van der Waals surface area contributed by atoms with Crippen molar-refractivity contribution in [3.63, 3.8) is 0 Å². The molecule has 0 spiro atoms. The van der Waals surface area contributed by atoms with Crippen molar-refractivity contribution < 1.29 is 28.2 Å². The number of rotatable bonds is 6. The van der Waals surface area contributed by atoms with Gasteiger partial charge < -0.3 is 19.0 Å². The van der Waals surface area contributed by atoms with E-state index in [1.165, 1.54) is 51.7 Å². The Kier molecular flexibility index (Phi) is 5.95. The van der Waals surface area contributed by atoms with Crippen molar-refractivity contribution >= 4 is 16.9 Å². The maximum Gasteiger partial charge on any atom is 0.364 e. The van der Waals surface area contributed by atoms with Crippen LogP contribution in [-0.2, 0) is 0 Å². The lowest BCUT2D eigenvalue weighted by atomic mass is 10.1. The quantitative estimate of drug-likeness (QED) is 0.444. The van der Waals surface area contributed by atoms with Crippen LogP contribution in [0.2, 0.25) is 0 Å². The molecule has 4 aromatic rings. The van der Waals surface area contributed by atoms with Crippen molar-refractivity contribution in [1.29, 1.82) is 0 Å². The highest BCUT2D eigenvalue weighted by Crippen LogP contribution is 2.38. The summed E-state index contributed by atoms with van der Waals surface area (Å²) in [6.07, 6.45) is 0. The van der Waals surface area contributed by atoms with Crippen LogP contribution in [0.1, 0.15) is 10.4 Å². The van der Waals surface area contributed by atoms with Gasteiger partial charge in [-0.3, -0.25) is 4.79 Å². The molecule has 168 valence electrons. The van der Waals surface area contributed by atoms with Crippen molar-refractivity contribution in [2.24, 2.45) is 0 Å². The number of carbonyl (C=O) groups excluding carboxylic acids is 1. The van der Waals surface area contributed by atoms with Gasteiger partial charge >= 0.3 is 5.97 Å². The molecule has 1 aromatic heterocycles. The number of hydrogen-bond donors (Lipinski definition) is 0. The third kappa shape index (κ3) is 3.96. The maximum absolute atomic E-state index is 14.6. The molecule has 9 heteroatoms. The second-order valence-corrected chi connectivity index (χ2v) is 6.82. The minimum absolute atomic E-state index is 0.00181. The number of benzene rings is 3. The molecule has 0 fully saturated rings. The Labute approximate surface area is 187 Å². The van der Waals surface area contributed by atoms with Gasteiger partial charge in [0.2, 0.25) is 5.75 Å². The molecule has 0 radical (unpaired) electrons. The number of para-hydroxylation sites is 1. The molecule has 0 saturated carbocycles. The van der Waals surface area contributed by atoms with E-state index in [1.807, 2.05) is 0 Å². The topological polar surface area (TPSA) is 88.9 Å². The first-order valence-corrected chi connectivity index (χ1v) is 9.77. The third-order valence-electron chi connectivity index (χ3n) is 4.93. The van der Waals surface area contributed by atoms with Gasteiger partial charge in [0.25, 0.3) is 5.56 Å². The number of ether oxygens (including phenoxy) is 3. The molecule has 0 aliphatic rings. The second-order valence-electron chi connectivity index (χ2n) is 6.82. The van der Waals surface area contributed by atoms with E-state index < -0.39 is 17.3 Å². The molecule has 0 saturated heterocycles. The summed E-state index contributed by atoms with van der Waals surface area (Å²) in [5, 5.41) is 0.204. The Bertz CT molecular complexity index is 1390. The first kappa shape index (κ1) is 21.8. The molecule has 0 unspecified atom stereocenters. The van der Waals surface area contributed by atoms with Gasteiger partial charge in [-0.2, -0.15) is 0 Å². The fourth-order valence-corrected chi connectivity index (χ4v) is 3.35. The molecule has 8 nitrogen and oxygen atoms in total. The summed E-state index contributed by atoms with van der Waals surface area (Å²) >= 11 is 0. The standard InChI is InChI=1S/C24H19FN2O6/c1-30-19-12-14(13-20(31-2)21(19)32-3)24(29)33-27-22(15-8-4-6-10-17(15)25)26-18-11-7-5-9-16(18)23(27)28/h4-13H,1-3H3. The number of hydrogen-bond acceptors (Lipinski definition) is 7. The number of nitrogens with zero attached hydrogens (tertiary/aromatic N) is 2. The lowest BCUT2D eigenvalue weighted by Gasteiger charge is -2.15. The van der Waals surface area contributed by atoms with Crippen molar-refractivity contribution in [1.82, 2.24) is 9.71 Å². The molecule has 0 bridgehead atoms. The van der Waals surface area contributed by atoms with E-state index in [0.717, 1.165) is 0 Å². The summed E-state index contributed by atoms with van der Waals surface area (Å²) in [4.78, 5) is 36.1. The van der Waals surface area contributed by atoms with Gasteiger partial charge in [-0.1, -0.05) is 24.3 Å². The predicted molar refractivity (Wildman–Crippen MR) is 118 cm³/mol. The van der Waals surface area contributed by atoms with E-state index in [2.05, 4.69) is 4.98 Å². The van der Waals surface area contributed by atoms with E-state index in [9.17, 15) is 14.0 Å². The van der Waals surface area contributed by atoms with E-state index in [0.29, 0.717) is 10.2 Å². The summed E-state index contributed by atoms with van der Waals surface area (Å²) in [6, 6.07) is 15.0. The maximum atomic E-state index is 14.6. The van der Waals surface area contributed by atoms with Crippen molar-refractivity contribution in [3.05, 3.63) is 82.4 Å². The molecule has 0 N–H and O–H groups in total. The molecule has 1 heterocycles. The van der Waals surface area contributed by atoms with Crippen molar-refractivity contribution in [2.75, 3.05) is 21.3 Å². The molecule has 4 rings (SSSR count). The molecule has 33 heavy (non-hydrogen) atoms. The van der Waals surface area contributed by atoms with Crippen LogP contribution >= 0.6 is 0 Å². The molecular formula is C24H19FN2O6. The number of carbonyl (C=O) groups is 1. The van der Waals surface area contributed by atoms with E-state index in [1.54, 1.807) is 30.3 Å². The Morgan fingerprint density at radius 1 is 0.909 bits per heavy atom. The van der Waals surface area contributed by atoms with Crippen LogP contribution in [0.25, 0.3) is 22.3 Å². The highest BCUT2D eigenvalue weighted by molar-refractivity contribution is 5.92. The molecule has 0 aliphatic heterocycles. The Morgan fingerprint density at radius 3 is 2.18 bits per heavy atom. The summed E-state index contributed by atoms with van der Waals surface area (Å²) < 4.78 is 31.1. The smallest absolute Gasteiger partial charge is 0.364 e. The van der Waals surface area contributed by atoms with Gasteiger partial charge in [0.05, 0.1) is 43.4 Å². The van der Waals surface area contributed by atoms with Crippen LogP contribution in [0.4, 0.5) is 4.39 Å². The van der Waals surface area contributed by atoms with Gasteiger partial charge in [-0.25, -0.2) is 14.2 Å². The first-order valence-electron chi connectivity index (χ1n) is 9.77. The lowest BCUT2D eigenvalue weighted by molar-refractivity contribution is 0.0448. The highest BCUT2D eigenvalue weighted by Gasteiger charge is 2.22. The highest BCUT2D eigenvalue weighted by atomic mass is 19.1. The van der Waals surface area contributed by atoms with Gasteiger partial charge in [0, 0.05) is 0 Å².